The van der Waals surface area contributed by atoms with Crippen molar-refractivity contribution in [2.75, 3.05) is 0 Å². The van der Waals surface area contributed by atoms with Gasteiger partial charge in [-0.25, -0.2) is 0 Å². The zero-order valence-corrected chi connectivity index (χ0v) is 4.33. The Morgan fingerprint density at radius 3 is 2.67 bits per heavy atom. The molecule has 0 aliphatic rings. The van der Waals surface area contributed by atoms with E-state index in [0.717, 1.165) is 7.27 Å². The van der Waals surface area contributed by atoms with E-state index in [1.165, 1.54) is 0 Å². The van der Waals surface area contributed by atoms with Crippen LogP contribution in [0.4, 0.5) is 0 Å². The number of rotatable bonds is 0. The normalized spacial score (nSPS) is 7.33. The van der Waals surface area contributed by atoms with Crippen molar-refractivity contribution in [2.45, 2.75) is 0 Å². The Hall–Kier alpha value is -1.62. The van der Waals surface area contributed by atoms with Crippen molar-refractivity contribution in [1.29, 1.82) is 10.5 Å². The molecule has 0 N–H and O–H groups in total. The molecule has 0 saturated heterocycles. The van der Waals surface area contributed by atoms with E-state index in [1.54, 1.807) is 12.1 Å². The van der Waals surface area contributed by atoms with Gasteiger partial charge < -0.3 is 0 Å². The van der Waals surface area contributed by atoms with Gasteiger partial charge in [0.2, 0.25) is 0 Å². The zero-order valence-electron chi connectivity index (χ0n) is 4.33. The minimum atomic E-state index is -0.0301. The van der Waals surface area contributed by atoms with Gasteiger partial charge in [0.25, 0.3) is 0 Å². The summed E-state index contributed by atoms with van der Waals surface area (Å²) in [5.41, 5.74) is 0.0394. The SMILES string of the molecule is N#Cc1nboc1C#N. The average molecular weight is 117 g/mol. The predicted octanol–water partition coefficient (Wildman–Crippen LogP) is -0.244. The molecule has 0 radical (unpaired) electrons. The molecule has 0 fully saturated rings. The summed E-state index contributed by atoms with van der Waals surface area (Å²) in [5, 5.41) is 16.4. The molecule has 0 amide bonds. The van der Waals surface area contributed by atoms with E-state index in [2.05, 4.69) is 9.22 Å². The fraction of sp³-hybridized carbons (Fsp3) is 0. The molecule has 0 aromatic carbocycles. The second kappa shape index (κ2) is 2.10. The van der Waals surface area contributed by atoms with Crippen molar-refractivity contribution >= 4 is 7.27 Å². The Morgan fingerprint density at radius 1 is 1.44 bits per heavy atom. The van der Waals surface area contributed by atoms with E-state index in [1.807, 2.05) is 0 Å². The summed E-state index contributed by atoms with van der Waals surface area (Å²) in [5.74, 6) is -0.0301. The molecule has 0 bridgehead atoms. The van der Waals surface area contributed by atoms with Crippen LogP contribution in [0.3, 0.4) is 0 Å². The summed E-state index contributed by atoms with van der Waals surface area (Å²) in [6.45, 7) is 0. The second-order valence-electron chi connectivity index (χ2n) is 1.25. The molecule has 40 valence electrons. The first-order chi connectivity index (χ1) is 4.38. The summed E-state index contributed by atoms with van der Waals surface area (Å²) >= 11 is 0. The molecule has 0 atom stereocenters. The second-order valence-corrected chi connectivity index (χ2v) is 1.25. The quantitative estimate of drug-likeness (QED) is 0.469. The van der Waals surface area contributed by atoms with Gasteiger partial charge in [-0.2, -0.15) is 0 Å². The number of nitrogens with zero attached hydrogens (tertiary/aromatic N) is 3. The van der Waals surface area contributed by atoms with E-state index in [-0.39, 0.29) is 11.5 Å². The zero-order chi connectivity index (χ0) is 6.69. The maximum atomic E-state index is 8.21. The van der Waals surface area contributed by atoms with E-state index in [0.29, 0.717) is 0 Å². The topological polar surface area (TPSA) is 73.6 Å². The van der Waals surface area contributed by atoms with Gasteiger partial charge in [0.15, 0.2) is 0 Å². The fourth-order valence-corrected chi connectivity index (χ4v) is 0.405. The molecule has 0 unspecified atom stereocenters. The molecule has 9 heavy (non-hydrogen) atoms. The summed E-state index contributed by atoms with van der Waals surface area (Å²) in [6.07, 6.45) is 0. The van der Waals surface area contributed by atoms with Crippen LogP contribution in [0.5, 0.6) is 0 Å². The van der Waals surface area contributed by atoms with E-state index < -0.39 is 0 Å². The molecule has 1 rings (SSSR count). The van der Waals surface area contributed by atoms with Gasteiger partial charge in [0.1, 0.15) is 0 Å². The van der Waals surface area contributed by atoms with Gasteiger partial charge in [0.05, 0.1) is 0 Å². The van der Waals surface area contributed by atoms with Gasteiger partial charge in [-0.15, -0.1) is 0 Å². The summed E-state index contributed by atoms with van der Waals surface area (Å²) < 4.78 is 4.51. The van der Waals surface area contributed by atoms with Crippen LogP contribution in [0.2, 0.25) is 0 Å². The van der Waals surface area contributed by atoms with Crippen LogP contribution in [-0.4, -0.2) is 12.2 Å². The monoisotopic (exact) mass is 117 g/mol. The van der Waals surface area contributed by atoms with Gasteiger partial charge in [-0.05, 0) is 0 Å². The first kappa shape index (κ1) is 5.52. The first-order valence-corrected chi connectivity index (χ1v) is 2.12. The average Bonchev–Trinajstić information content (AvgIpc) is 2.33. The fourth-order valence-electron chi connectivity index (χ4n) is 0.405. The molecular weight excluding hydrogens is 117 g/mol. The first-order valence-electron chi connectivity index (χ1n) is 2.12. The Kier molecular flexibility index (Phi) is 1.29. The van der Waals surface area contributed by atoms with Crippen LogP contribution >= 0.6 is 0 Å². The Bertz CT molecular complexity index is 263. The number of nitriles is 2. The molecule has 0 aliphatic carbocycles. The molecule has 5 heteroatoms. The van der Waals surface area contributed by atoms with Crippen LogP contribution in [0, 0.1) is 22.7 Å². The van der Waals surface area contributed by atoms with Gasteiger partial charge in [-0.3, -0.25) is 0 Å². The Labute approximate surface area is 51.6 Å². The number of aromatic nitrogens is 1. The standard InChI is InChI=1S/C4BN3O/c6-1-3-4(2-7)9-5-8-3. The number of hydrogen-bond acceptors (Lipinski definition) is 4. The molecule has 1 heterocycles. The van der Waals surface area contributed by atoms with Crippen LogP contribution in [0.25, 0.3) is 0 Å². The third-order valence-corrected chi connectivity index (χ3v) is 0.775. The Morgan fingerprint density at radius 2 is 2.22 bits per heavy atom. The van der Waals surface area contributed by atoms with E-state index in [9.17, 15) is 0 Å². The third-order valence-electron chi connectivity index (χ3n) is 0.775. The van der Waals surface area contributed by atoms with Crippen LogP contribution in [0.1, 0.15) is 11.5 Å². The van der Waals surface area contributed by atoms with Crippen molar-refractivity contribution in [3.63, 3.8) is 0 Å². The van der Waals surface area contributed by atoms with Crippen molar-refractivity contribution in [1.82, 2.24) is 4.89 Å². The molecule has 0 aliphatic heterocycles. The van der Waals surface area contributed by atoms with E-state index in [4.69, 9.17) is 10.5 Å². The molecule has 0 saturated carbocycles. The van der Waals surface area contributed by atoms with E-state index >= 15 is 0 Å². The van der Waals surface area contributed by atoms with Gasteiger partial charge in [-0.1, -0.05) is 0 Å². The molecule has 4 nitrogen and oxygen atoms in total. The summed E-state index contributed by atoms with van der Waals surface area (Å²) in [6, 6.07) is 3.37. The molecular formula is C4BN3O. The molecule has 1 aromatic rings. The number of hydrogen-bond donors (Lipinski definition) is 0. The Balaban J connectivity index is 3.22. The van der Waals surface area contributed by atoms with Crippen LogP contribution in [0.15, 0.2) is 4.33 Å². The van der Waals surface area contributed by atoms with Crippen LogP contribution < -0.4 is 0 Å². The van der Waals surface area contributed by atoms with Crippen molar-refractivity contribution in [2.24, 2.45) is 0 Å². The van der Waals surface area contributed by atoms with Crippen molar-refractivity contribution in [3.8, 4) is 12.1 Å². The third kappa shape index (κ3) is 0.800. The summed E-state index contributed by atoms with van der Waals surface area (Å²) in [4.78, 5) is 3.46. The van der Waals surface area contributed by atoms with Crippen LogP contribution in [-0.2, 0) is 0 Å². The molecule has 0 spiro atoms. The van der Waals surface area contributed by atoms with Gasteiger partial charge >= 0.3 is 50.6 Å². The predicted molar refractivity (Wildman–Crippen MR) is 27.3 cm³/mol. The maximum absolute atomic E-state index is 8.21. The summed E-state index contributed by atoms with van der Waals surface area (Å²) in [7, 11) is 1.07. The molecule has 1 aromatic heterocycles. The minimum absolute atomic E-state index is 0.0301. The van der Waals surface area contributed by atoms with Gasteiger partial charge in [0, 0.05) is 0 Å². The van der Waals surface area contributed by atoms with Crippen molar-refractivity contribution < 1.29 is 4.33 Å². The van der Waals surface area contributed by atoms with Crippen molar-refractivity contribution in [3.05, 3.63) is 11.5 Å².